The number of benzene rings is 1. The lowest BCUT2D eigenvalue weighted by Crippen LogP contribution is -2.36. The van der Waals surface area contributed by atoms with Crippen molar-refractivity contribution >= 4 is 23.9 Å². The van der Waals surface area contributed by atoms with E-state index in [2.05, 4.69) is 0 Å². The Balaban J connectivity index is 2.98. The van der Waals surface area contributed by atoms with E-state index in [0.29, 0.717) is 18.4 Å². The summed E-state index contributed by atoms with van der Waals surface area (Å²) in [6, 6.07) is 3.70. The standard InChI is InChI=1S/C28H43NO8/c1-9-10-25(30)35-18(6)15-34-28(33)22(29)13-21-11-12-23(36-26(31)19(7)16(2)3)24(14-21)37-27(32)20(8)17(4)5/h11-12,14,16-20,22H,9-10,13,15,29H2,1-8H3/t18-,19?,20?,22-/m0/s1. The van der Waals surface area contributed by atoms with Gasteiger partial charge in [-0.15, -0.1) is 0 Å². The van der Waals surface area contributed by atoms with Crippen molar-refractivity contribution in [3.05, 3.63) is 23.8 Å². The Morgan fingerprint density at radius 3 is 1.86 bits per heavy atom. The van der Waals surface area contributed by atoms with Gasteiger partial charge < -0.3 is 24.7 Å². The Morgan fingerprint density at radius 1 is 0.811 bits per heavy atom. The van der Waals surface area contributed by atoms with E-state index in [-0.39, 0.29) is 54.2 Å². The molecule has 0 spiro atoms. The number of esters is 4. The fraction of sp³-hybridized carbons (Fsp3) is 0.643. The number of carbonyl (C=O) groups is 4. The zero-order chi connectivity index (χ0) is 28.3. The normalized spacial score (nSPS) is 14.5. The molecule has 208 valence electrons. The van der Waals surface area contributed by atoms with E-state index in [9.17, 15) is 19.2 Å². The molecule has 0 aliphatic carbocycles. The molecule has 0 aromatic heterocycles. The SMILES string of the molecule is CCCC(=O)O[C@@H](C)COC(=O)[C@@H](N)Cc1ccc(OC(=O)C(C)C(C)C)c(OC(=O)C(C)C(C)C)c1. The molecule has 9 nitrogen and oxygen atoms in total. The summed E-state index contributed by atoms with van der Waals surface area (Å²) < 4.78 is 21.5. The van der Waals surface area contributed by atoms with E-state index in [4.69, 9.17) is 24.7 Å². The van der Waals surface area contributed by atoms with Gasteiger partial charge in [-0.05, 0) is 49.3 Å². The van der Waals surface area contributed by atoms with Gasteiger partial charge in [0.15, 0.2) is 11.5 Å². The molecule has 1 rings (SSSR count). The van der Waals surface area contributed by atoms with Gasteiger partial charge in [-0.2, -0.15) is 0 Å². The second-order valence-corrected chi connectivity index (χ2v) is 10.2. The summed E-state index contributed by atoms with van der Waals surface area (Å²) in [5.41, 5.74) is 6.63. The van der Waals surface area contributed by atoms with Gasteiger partial charge in [0.2, 0.25) is 0 Å². The van der Waals surface area contributed by atoms with Gasteiger partial charge in [0, 0.05) is 6.42 Å². The number of nitrogens with two attached hydrogens (primary N) is 1. The quantitative estimate of drug-likeness (QED) is 0.282. The summed E-state index contributed by atoms with van der Waals surface area (Å²) in [5.74, 6) is -2.34. The molecule has 0 heterocycles. The molecule has 2 N–H and O–H groups in total. The van der Waals surface area contributed by atoms with Gasteiger partial charge in [-0.3, -0.25) is 19.2 Å². The first-order valence-corrected chi connectivity index (χ1v) is 12.9. The van der Waals surface area contributed by atoms with Crippen LogP contribution in [0.1, 0.15) is 73.8 Å². The number of hydrogen-bond acceptors (Lipinski definition) is 9. The highest BCUT2D eigenvalue weighted by Gasteiger charge is 2.25. The first-order chi connectivity index (χ1) is 17.3. The highest BCUT2D eigenvalue weighted by atomic mass is 16.6. The first kappa shape index (κ1) is 32.1. The molecule has 2 unspecified atom stereocenters. The van der Waals surface area contributed by atoms with Crippen LogP contribution in [0, 0.1) is 23.7 Å². The molecule has 0 saturated carbocycles. The molecule has 0 fully saturated rings. The second kappa shape index (κ2) is 15.3. The van der Waals surface area contributed by atoms with E-state index < -0.39 is 30.1 Å². The Bertz CT molecular complexity index is 927. The van der Waals surface area contributed by atoms with Crippen molar-refractivity contribution in [3.63, 3.8) is 0 Å². The summed E-state index contributed by atoms with van der Waals surface area (Å²) in [6.45, 7) is 14.6. The van der Waals surface area contributed by atoms with Crippen LogP contribution in [0.25, 0.3) is 0 Å². The third kappa shape index (κ3) is 10.9. The number of rotatable bonds is 14. The average Bonchev–Trinajstić information content (AvgIpc) is 2.82. The molecule has 4 atom stereocenters. The van der Waals surface area contributed by atoms with Gasteiger partial charge in [-0.1, -0.05) is 54.5 Å². The maximum Gasteiger partial charge on any atom is 0.323 e. The lowest BCUT2D eigenvalue weighted by atomic mass is 9.98. The van der Waals surface area contributed by atoms with Gasteiger partial charge >= 0.3 is 23.9 Å². The predicted octanol–water partition coefficient (Wildman–Crippen LogP) is 4.23. The summed E-state index contributed by atoms with van der Waals surface area (Å²) >= 11 is 0. The fourth-order valence-electron chi connectivity index (χ4n) is 2.96. The van der Waals surface area contributed by atoms with Crippen molar-refractivity contribution in [2.24, 2.45) is 29.4 Å². The molecular weight excluding hydrogens is 478 g/mol. The minimum atomic E-state index is -1.01. The minimum absolute atomic E-state index is 0.0504. The number of carbonyl (C=O) groups excluding carboxylic acids is 4. The van der Waals surface area contributed by atoms with Crippen molar-refractivity contribution in [2.75, 3.05) is 6.61 Å². The highest BCUT2D eigenvalue weighted by molar-refractivity contribution is 5.79. The van der Waals surface area contributed by atoms with Crippen LogP contribution in [0.5, 0.6) is 11.5 Å². The molecule has 0 aliphatic rings. The first-order valence-electron chi connectivity index (χ1n) is 12.9. The minimum Gasteiger partial charge on any atom is -0.461 e. The maximum atomic E-state index is 12.6. The smallest absolute Gasteiger partial charge is 0.323 e. The van der Waals surface area contributed by atoms with Gasteiger partial charge in [0.25, 0.3) is 0 Å². The number of ether oxygens (including phenoxy) is 4. The van der Waals surface area contributed by atoms with Crippen LogP contribution in [0.15, 0.2) is 18.2 Å². The molecule has 0 radical (unpaired) electrons. The lowest BCUT2D eigenvalue weighted by Gasteiger charge is -2.19. The number of hydrogen-bond donors (Lipinski definition) is 1. The largest absolute Gasteiger partial charge is 0.461 e. The lowest BCUT2D eigenvalue weighted by molar-refractivity contribution is -0.158. The maximum absolute atomic E-state index is 12.6. The third-order valence-corrected chi connectivity index (χ3v) is 6.18. The average molecular weight is 522 g/mol. The zero-order valence-electron chi connectivity index (χ0n) is 23.4. The molecule has 1 aromatic carbocycles. The van der Waals surface area contributed by atoms with Gasteiger partial charge in [0.05, 0.1) is 11.8 Å². The molecule has 0 saturated heterocycles. The van der Waals surface area contributed by atoms with E-state index in [0.717, 1.165) is 0 Å². The van der Waals surface area contributed by atoms with E-state index in [1.54, 1.807) is 26.8 Å². The van der Waals surface area contributed by atoms with Crippen molar-refractivity contribution in [2.45, 2.75) is 86.8 Å². The van der Waals surface area contributed by atoms with Crippen molar-refractivity contribution in [1.29, 1.82) is 0 Å². The molecule has 0 aliphatic heterocycles. The summed E-state index contributed by atoms with van der Waals surface area (Å²) in [5, 5.41) is 0. The molecule has 0 bridgehead atoms. The van der Waals surface area contributed by atoms with E-state index in [1.807, 2.05) is 34.6 Å². The second-order valence-electron chi connectivity index (χ2n) is 10.2. The van der Waals surface area contributed by atoms with E-state index in [1.165, 1.54) is 12.1 Å². The van der Waals surface area contributed by atoms with Crippen LogP contribution in [0.2, 0.25) is 0 Å². The summed E-state index contributed by atoms with van der Waals surface area (Å²) in [7, 11) is 0. The van der Waals surface area contributed by atoms with Crippen LogP contribution >= 0.6 is 0 Å². The Hall–Kier alpha value is -2.94. The van der Waals surface area contributed by atoms with Crippen molar-refractivity contribution < 1.29 is 38.1 Å². The molecule has 0 amide bonds. The fourth-order valence-corrected chi connectivity index (χ4v) is 2.96. The molecule has 9 heteroatoms. The Kier molecular flexibility index (Phi) is 13.3. The highest BCUT2D eigenvalue weighted by Crippen LogP contribution is 2.31. The Labute approximate surface area is 220 Å². The van der Waals surface area contributed by atoms with Crippen LogP contribution in [-0.2, 0) is 35.1 Å². The van der Waals surface area contributed by atoms with Crippen molar-refractivity contribution in [3.8, 4) is 11.5 Å². The van der Waals surface area contributed by atoms with Crippen LogP contribution in [-0.4, -0.2) is 42.6 Å². The summed E-state index contributed by atoms with van der Waals surface area (Å²) in [6.07, 6.45) is 0.455. The zero-order valence-corrected chi connectivity index (χ0v) is 23.4. The topological polar surface area (TPSA) is 131 Å². The Morgan fingerprint density at radius 2 is 1.35 bits per heavy atom. The molecular formula is C28H43NO8. The third-order valence-electron chi connectivity index (χ3n) is 6.18. The molecule has 1 aromatic rings. The van der Waals surface area contributed by atoms with Gasteiger partial charge in [-0.25, -0.2) is 0 Å². The van der Waals surface area contributed by atoms with Crippen LogP contribution in [0.4, 0.5) is 0 Å². The van der Waals surface area contributed by atoms with Gasteiger partial charge in [0.1, 0.15) is 18.8 Å². The summed E-state index contributed by atoms with van der Waals surface area (Å²) in [4.78, 5) is 49.2. The molecule has 37 heavy (non-hydrogen) atoms. The predicted molar refractivity (Wildman–Crippen MR) is 139 cm³/mol. The van der Waals surface area contributed by atoms with Crippen molar-refractivity contribution in [1.82, 2.24) is 0 Å². The van der Waals surface area contributed by atoms with Crippen LogP contribution in [0.3, 0.4) is 0 Å². The van der Waals surface area contributed by atoms with E-state index >= 15 is 0 Å². The van der Waals surface area contributed by atoms with Crippen LogP contribution < -0.4 is 15.2 Å². The monoisotopic (exact) mass is 521 g/mol.